The summed E-state index contributed by atoms with van der Waals surface area (Å²) in [6.45, 7) is 0.776. The Hall–Kier alpha value is -1.06. The van der Waals surface area contributed by atoms with E-state index in [1.165, 1.54) is 36.8 Å². The van der Waals surface area contributed by atoms with Crippen molar-refractivity contribution in [3.8, 4) is 0 Å². The second-order valence-electron chi connectivity index (χ2n) is 6.65. The number of benzene rings is 1. The molecule has 0 saturated heterocycles. The highest BCUT2D eigenvalue weighted by molar-refractivity contribution is 5.85. The Kier molecular flexibility index (Phi) is 6.27. The molecular weight excluding hydrogens is 296 g/mol. The van der Waals surface area contributed by atoms with Crippen molar-refractivity contribution in [3.63, 3.8) is 0 Å². The maximum absolute atomic E-state index is 12.1. The lowest BCUT2D eigenvalue weighted by Gasteiger charge is -2.26. The Labute approximate surface area is 139 Å². The van der Waals surface area contributed by atoms with Crippen LogP contribution in [0.2, 0.25) is 0 Å². The molecule has 3 atom stereocenters. The number of carbonyl (C=O) groups excluding carboxylic acids is 1. The molecule has 1 fully saturated rings. The van der Waals surface area contributed by atoms with Gasteiger partial charge in [-0.2, -0.15) is 0 Å². The van der Waals surface area contributed by atoms with Crippen molar-refractivity contribution in [2.75, 3.05) is 6.54 Å². The predicted octanol–water partition coefficient (Wildman–Crippen LogP) is 3.16. The minimum Gasteiger partial charge on any atom is -0.355 e. The normalized spacial score (nSPS) is 26.9. The van der Waals surface area contributed by atoms with Gasteiger partial charge in [0.2, 0.25) is 5.91 Å². The van der Waals surface area contributed by atoms with Crippen molar-refractivity contribution in [1.29, 1.82) is 0 Å². The summed E-state index contributed by atoms with van der Waals surface area (Å²) < 4.78 is 0. The van der Waals surface area contributed by atoms with Gasteiger partial charge in [-0.3, -0.25) is 4.79 Å². The van der Waals surface area contributed by atoms with Crippen LogP contribution in [0, 0.1) is 5.92 Å². The molecule has 3 N–H and O–H groups in total. The SMILES string of the molecule is Cl.N[C@@H]1CCC[C@H]1CC(=O)NCC1CCCc2ccccc21. The van der Waals surface area contributed by atoms with Crippen LogP contribution < -0.4 is 11.1 Å². The summed E-state index contributed by atoms with van der Waals surface area (Å²) in [5.41, 5.74) is 8.94. The van der Waals surface area contributed by atoms with E-state index in [2.05, 4.69) is 29.6 Å². The molecule has 1 saturated carbocycles. The van der Waals surface area contributed by atoms with Crippen molar-refractivity contribution in [3.05, 3.63) is 35.4 Å². The zero-order valence-electron chi connectivity index (χ0n) is 13.1. The van der Waals surface area contributed by atoms with Crippen LogP contribution >= 0.6 is 12.4 Å². The lowest BCUT2D eigenvalue weighted by Crippen LogP contribution is -2.34. The third kappa shape index (κ3) is 4.02. The lowest BCUT2D eigenvalue weighted by atomic mass is 9.83. The third-order valence-electron chi connectivity index (χ3n) is 5.20. The average Bonchev–Trinajstić information content (AvgIpc) is 2.90. The number of aryl methyl sites for hydroxylation is 1. The van der Waals surface area contributed by atoms with Crippen LogP contribution in [-0.2, 0) is 11.2 Å². The molecule has 122 valence electrons. The number of halogens is 1. The zero-order valence-corrected chi connectivity index (χ0v) is 13.9. The Morgan fingerprint density at radius 1 is 1.18 bits per heavy atom. The first-order valence-electron chi connectivity index (χ1n) is 8.34. The number of carbonyl (C=O) groups is 1. The Morgan fingerprint density at radius 2 is 2.00 bits per heavy atom. The first kappa shape index (κ1) is 17.3. The molecule has 3 rings (SSSR count). The highest BCUT2D eigenvalue weighted by Gasteiger charge is 2.26. The van der Waals surface area contributed by atoms with Gasteiger partial charge in [0.25, 0.3) is 0 Å². The molecule has 4 heteroatoms. The minimum atomic E-state index is 0. The summed E-state index contributed by atoms with van der Waals surface area (Å²) in [4.78, 5) is 12.1. The predicted molar refractivity (Wildman–Crippen MR) is 92.3 cm³/mol. The van der Waals surface area contributed by atoms with E-state index in [-0.39, 0.29) is 24.4 Å². The Morgan fingerprint density at radius 3 is 2.77 bits per heavy atom. The van der Waals surface area contributed by atoms with Crippen LogP contribution in [0.25, 0.3) is 0 Å². The molecule has 2 aliphatic carbocycles. The molecule has 1 unspecified atom stereocenters. The molecule has 2 aliphatic rings. The molecule has 0 radical (unpaired) electrons. The average molecular weight is 323 g/mol. The number of rotatable bonds is 4. The van der Waals surface area contributed by atoms with Gasteiger partial charge in [0.05, 0.1) is 0 Å². The Balaban J connectivity index is 0.00000176. The summed E-state index contributed by atoms with van der Waals surface area (Å²) in [5.74, 6) is 1.06. The molecule has 0 heterocycles. The van der Waals surface area contributed by atoms with Crippen LogP contribution in [-0.4, -0.2) is 18.5 Å². The summed E-state index contributed by atoms with van der Waals surface area (Å²) in [6.07, 6.45) is 7.56. The maximum Gasteiger partial charge on any atom is 0.220 e. The summed E-state index contributed by atoms with van der Waals surface area (Å²) in [5, 5.41) is 3.15. The van der Waals surface area contributed by atoms with E-state index in [1.54, 1.807) is 0 Å². The fourth-order valence-electron chi connectivity index (χ4n) is 3.93. The smallest absolute Gasteiger partial charge is 0.220 e. The molecular formula is C18H27ClN2O. The molecule has 0 bridgehead atoms. The number of fused-ring (bicyclic) bond motifs is 1. The first-order valence-corrected chi connectivity index (χ1v) is 8.34. The van der Waals surface area contributed by atoms with Gasteiger partial charge in [-0.25, -0.2) is 0 Å². The van der Waals surface area contributed by atoms with Crippen molar-refractivity contribution in [2.45, 2.75) is 56.9 Å². The van der Waals surface area contributed by atoms with Crippen LogP contribution in [0.5, 0.6) is 0 Å². The van der Waals surface area contributed by atoms with Crippen molar-refractivity contribution in [2.24, 2.45) is 11.7 Å². The van der Waals surface area contributed by atoms with Gasteiger partial charge in [0, 0.05) is 24.9 Å². The third-order valence-corrected chi connectivity index (χ3v) is 5.20. The van der Waals surface area contributed by atoms with Crippen molar-refractivity contribution >= 4 is 18.3 Å². The van der Waals surface area contributed by atoms with E-state index < -0.39 is 0 Å². The quantitative estimate of drug-likeness (QED) is 0.894. The highest BCUT2D eigenvalue weighted by atomic mass is 35.5. The fraction of sp³-hybridized carbons (Fsp3) is 0.611. The second-order valence-corrected chi connectivity index (χ2v) is 6.65. The van der Waals surface area contributed by atoms with Gasteiger partial charge in [-0.15, -0.1) is 12.4 Å². The second kappa shape index (κ2) is 7.98. The molecule has 1 aromatic carbocycles. The molecule has 0 aliphatic heterocycles. The van der Waals surface area contributed by atoms with Crippen LogP contribution in [0.15, 0.2) is 24.3 Å². The zero-order chi connectivity index (χ0) is 14.7. The first-order chi connectivity index (χ1) is 10.2. The summed E-state index contributed by atoms with van der Waals surface area (Å²) in [6, 6.07) is 8.89. The highest BCUT2D eigenvalue weighted by Crippen LogP contribution is 2.31. The van der Waals surface area contributed by atoms with Gasteiger partial charge in [-0.05, 0) is 49.1 Å². The largest absolute Gasteiger partial charge is 0.355 e. The van der Waals surface area contributed by atoms with E-state index in [9.17, 15) is 4.79 Å². The number of hydrogen-bond donors (Lipinski definition) is 2. The number of nitrogens with two attached hydrogens (primary N) is 1. The number of amides is 1. The van der Waals surface area contributed by atoms with E-state index >= 15 is 0 Å². The van der Waals surface area contributed by atoms with Crippen molar-refractivity contribution < 1.29 is 4.79 Å². The molecule has 0 aromatic heterocycles. The topological polar surface area (TPSA) is 55.1 Å². The van der Waals surface area contributed by atoms with E-state index in [0.29, 0.717) is 18.3 Å². The maximum atomic E-state index is 12.1. The number of nitrogens with one attached hydrogen (secondary N) is 1. The van der Waals surface area contributed by atoms with Crippen LogP contribution in [0.3, 0.4) is 0 Å². The molecule has 0 spiro atoms. The van der Waals surface area contributed by atoms with Gasteiger partial charge in [0.1, 0.15) is 0 Å². The minimum absolute atomic E-state index is 0. The summed E-state index contributed by atoms with van der Waals surface area (Å²) >= 11 is 0. The molecule has 1 amide bonds. The number of hydrogen-bond acceptors (Lipinski definition) is 2. The standard InChI is InChI=1S/C18H26N2O.ClH/c19-17-10-4-7-14(17)11-18(21)20-12-15-8-3-6-13-5-1-2-9-16(13)15;/h1-2,5,9,14-15,17H,3-4,6-8,10-12,19H2,(H,20,21);1H/t14-,15?,17+;/m0./s1. The van der Waals surface area contributed by atoms with E-state index in [0.717, 1.165) is 19.4 Å². The van der Waals surface area contributed by atoms with E-state index in [4.69, 9.17) is 5.73 Å². The van der Waals surface area contributed by atoms with Gasteiger partial charge >= 0.3 is 0 Å². The van der Waals surface area contributed by atoms with E-state index in [1.807, 2.05) is 0 Å². The van der Waals surface area contributed by atoms with Gasteiger partial charge in [0.15, 0.2) is 0 Å². The summed E-state index contributed by atoms with van der Waals surface area (Å²) in [7, 11) is 0. The monoisotopic (exact) mass is 322 g/mol. The van der Waals surface area contributed by atoms with Crippen molar-refractivity contribution in [1.82, 2.24) is 5.32 Å². The fourth-order valence-corrected chi connectivity index (χ4v) is 3.93. The Bertz CT molecular complexity index is 506. The van der Waals surface area contributed by atoms with Crippen LogP contribution in [0.4, 0.5) is 0 Å². The van der Waals surface area contributed by atoms with Crippen LogP contribution in [0.1, 0.15) is 55.6 Å². The molecule has 3 nitrogen and oxygen atoms in total. The molecule has 22 heavy (non-hydrogen) atoms. The molecule has 1 aromatic rings. The lowest BCUT2D eigenvalue weighted by molar-refractivity contribution is -0.122. The van der Waals surface area contributed by atoms with Gasteiger partial charge in [-0.1, -0.05) is 30.7 Å². The van der Waals surface area contributed by atoms with Gasteiger partial charge < -0.3 is 11.1 Å².